The molecule has 2 amide bonds. The lowest BCUT2D eigenvalue weighted by Gasteiger charge is -2.47. The third kappa shape index (κ3) is 2.88. The molecular weight excluding hydrogens is 357 g/mol. The molecule has 1 aromatic carbocycles. The van der Waals surface area contributed by atoms with Gasteiger partial charge in [0.15, 0.2) is 0 Å². The van der Waals surface area contributed by atoms with Crippen LogP contribution in [0.1, 0.15) is 52.4 Å². The number of nitrogens with one attached hydrogen (secondary N) is 1. The Hall–Kier alpha value is -1.82. The van der Waals surface area contributed by atoms with E-state index in [4.69, 9.17) is 4.74 Å². The Kier molecular flexibility index (Phi) is 4.49. The number of benzene rings is 1. The molecule has 1 N–H and O–H groups in total. The molecule has 2 unspecified atom stereocenters. The average molecular weight is 390 g/mol. The van der Waals surface area contributed by atoms with Gasteiger partial charge in [0, 0.05) is 37.1 Å². The van der Waals surface area contributed by atoms with Crippen molar-refractivity contribution in [2.45, 2.75) is 69.0 Å². The second kappa shape index (κ2) is 6.90. The number of piperidine rings is 2. The Labute approximate surface area is 167 Å². The molecule has 1 spiro atoms. The van der Waals surface area contributed by atoms with Gasteiger partial charge in [-0.05, 0) is 76.7 Å². The Balaban J connectivity index is 0.00000205. The summed E-state index contributed by atoms with van der Waals surface area (Å²) in [6.07, 6.45) is 6.49. The van der Waals surface area contributed by atoms with Crippen LogP contribution in [-0.4, -0.2) is 60.2 Å². The molecule has 0 saturated carbocycles. The second-order valence-corrected chi connectivity index (χ2v) is 9.00. The third-order valence-electron chi connectivity index (χ3n) is 7.56. The van der Waals surface area contributed by atoms with Gasteiger partial charge in [0.25, 0.3) is 0 Å². The van der Waals surface area contributed by atoms with Crippen LogP contribution >= 0.6 is 0 Å². The Bertz CT molecular complexity index is 754. The van der Waals surface area contributed by atoms with Crippen molar-refractivity contribution in [1.29, 1.82) is 0 Å². The number of rotatable bonds is 2. The summed E-state index contributed by atoms with van der Waals surface area (Å²) in [6.45, 7) is 5.42. The van der Waals surface area contributed by atoms with Crippen LogP contribution in [0.25, 0.3) is 0 Å². The molecule has 28 heavy (non-hydrogen) atoms. The first-order chi connectivity index (χ1) is 13.6. The van der Waals surface area contributed by atoms with Crippen LogP contribution in [0.3, 0.4) is 0 Å². The average Bonchev–Trinajstić information content (AvgIpc) is 3.17. The predicted octanol–water partition coefficient (Wildman–Crippen LogP) is 3.52. The number of hydrogen-bond donors (Lipinski definition) is 1. The van der Waals surface area contributed by atoms with Crippen molar-refractivity contribution in [3.05, 3.63) is 29.6 Å². The number of amides is 2. The van der Waals surface area contributed by atoms with Crippen molar-refractivity contribution in [2.75, 3.05) is 26.2 Å². The highest BCUT2D eigenvalue weighted by molar-refractivity contribution is 5.75. The fourth-order valence-corrected chi connectivity index (χ4v) is 6.09. The summed E-state index contributed by atoms with van der Waals surface area (Å²) in [4.78, 5) is 17.2. The van der Waals surface area contributed by atoms with Crippen molar-refractivity contribution >= 4 is 6.03 Å². The molecule has 4 heterocycles. The minimum atomic E-state index is -0.166. The van der Waals surface area contributed by atoms with Crippen LogP contribution in [0.4, 0.5) is 9.18 Å². The monoisotopic (exact) mass is 389 g/mol. The normalized spacial score (nSPS) is 30.9. The van der Waals surface area contributed by atoms with Gasteiger partial charge in [0.1, 0.15) is 11.6 Å². The van der Waals surface area contributed by atoms with Crippen molar-refractivity contribution in [1.82, 2.24) is 15.1 Å². The maximum absolute atomic E-state index is 13.8. The highest BCUT2D eigenvalue weighted by atomic mass is 19.1. The Morgan fingerprint density at radius 1 is 1.25 bits per heavy atom. The molecule has 6 heteroatoms. The standard InChI is InChI=1S/C22H30FN3O2.H2/c1-2-24-21(27)26-16-4-5-17(26)13-18(12-16)25-9-7-22(8-10-25)14-28-20-6-3-15(23)11-19(20)22;/h3,6,11,16-18H,2,4-5,7-10,12-14H2,1H3,(H,24,27);1H. The lowest BCUT2D eigenvalue weighted by Crippen LogP contribution is -2.57. The van der Waals surface area contributed by atoms with Gasteiger partial charge in [-0.15, -0.1) is 0 Å². The first-order valence-corrected chi connectivity index (χ1v) is 10.8. The highest BCUT2D eigenvalue weighted by Gasteiger charge is 2.48. The molecule has 0 aromatic heterocycles. The van der Waals surface area contributed by atoms with Gasteiger partial charge in [-0.3, -0.25) is 0 Å². The van der Waals surface area contributed by atoms with Crippen LogP contribution in [0.15, 0.2) is 18.2 Å². The molecule has 3 saturated heterocycles. The van der Waals surface area contributed by atoms with Crippen molar-refractivity contribution < 1.29 is 15.3 Å². The lowest BCUT2D eigenvalue weighted by atomic mass is 9.74. The predicted molar refractivity (Wildman–Crippen MR) is 107 cm³/mol. The van der Waals surface area contributed by atoms with Crippen LogP contribution in [-0.2, 0) is 5.41 Å². The quantitative estimate of drug-likeness (QED) is 0.842. The molecule has 0 aliphatic carbocycles. The SMILES string of the molecule is CCNC(=O)N1C2CCC1CC(N1CCC3(CC1)COc1ccc(F)cc13)C2.[HH]. The highest BCUT2D eigenvalue weighted by Crippen LogP contribution is 2.47. The number of halogens is 1. The van der Waals surface area contributed by atoms with Crippen molar-refractivity contribution in [2.24, 2.45) is 0 Å². The maximum atomic E-state index is 13.8. The number of hydrogen-bond acceptors (Lipinski definition) is 3. The molecule has 2 bridgehead atoms. The van der Waals surface area contributed by atoms with E-state index in [0.717, 1.165) is 62.9 Å². The van der Waals surface area contributed by atoms with Gasteiger partial charge < -0.3 is 19.9 Å². The number of carbonyl (C=O) groups is 1. The van der Waals surface area contributed by atoms with E-state index in [2.05, 4.69) is 15.1 Å². The van der Waals surface area contributed by atoms with Gasteiger partial charge in [0.05, 0.1) is 6.61 Å². The van der Waals surface area contributed by atoms with E-state index >= 15 is 0 Å². The molecule has 5 nitrogen and oxygen atoms in total. The number of nitrogens with zero attached hydrogens (tertiary/aromatic N) is 2. The molecule has 5 rings (SSSR count). The molecular formula is C22H32FN3O2. The zero-order chi connectivity index (χ0) is 19.3. The summed E-state index contributed by atoms with van der Waals surface area (Å²) >= 11 is 0. The summed E-state index contributed by atoms with van der Waals surface area (Å²) in [7, 11) is 0. The van der Waals surface area contributed by atoms with Gasteiger partial charge in [0.2, 0.25) is 0 Å². The first kappa shape index (κ1) is 18.2. The summed E-state index contributed by atoms with van der Waals surface area (Å²) in [6, 6.07) is 6.41. The van der Waals surface area contributed by atoms with Crippen LogP contribution in [0.2, 0.25) is 0 Å². The topological polar surface area (TPSA) is 44.8 Å². The molecule has 0 radical (unpaired) electrons. The van der Waals surface area contributed by atoms with E-state index in [-0.39, 0.29) is 18.7 Å². The molecule has 2 atom stereocenters. The van der Waals surface area contributed by atoms with E-state index in [1.165, 1.54) is 6.07 Å². The van der Waals surface area contributed by atoms with E-state index in [1.807, 2.05) is 6.92 Å². The number of carbonyl (C=O) groups excluding carboxylic acids is 1. The van der Waals surface area contributed by atoms with Gasteiger partial charge in [-0.25, -0.2) is 9.18 Å². The van der Waals surface area contributed by atoms with E-state index in [9.17, 15) is 9.18 Å². The van der Waals surface area contributed by atoms with Gasteiger partial charge >= 0.3 is 6.03 Å². The summed E-state index contributed by atoms with van der Waals surface area (Å²) in [5, 5.41) is 2.99. The Morgan fingerprint density at radius 2 is 1.96 bits per heavy atom. The van der Waals surface area contributed by atoms with Gasteiger partial charge in [-0.1, -0.05) is 0 Å². The fourth-order valence-electron chi connectivity index (χ4n) is 6.09. The molecule has 154 valence electrons. The number of ether oxygens (including phenoxy) is 1. The summed E-state index contributed by atoms with van der Waals surface area (Å²) in [5.74, 6) is 0.698. The van der Waals surface area contributed by atoms with Crippen LogP contribution in [0.5, 0.6) is 5.75 Å². The molecule has 3 fully saturated rings. The zero-order valence-electron chi connectivity index (χ0n) is 16.6. The second-order valence-electron chi connectivity index (χ2n) is 9.00. The minimum absolute atomic E-state index is 0. The zero-order valence-corrected chi connectivity index (χ0v) is 16.6. The molecule has 1 aromatic rings. The van der Waals surface area contributed by atoms with Crippen LogP contribution < -0.4 is 10.1 Å². The summed E-state index contributed by atoms with van der Waals surface area (Å²) in [5.41, 5.74) is 1.05. The molecule has 4 aliphatic heterocycles. The van der Waals surface area contributed by atoms with Gasteiger partial charge in [-0.2, -0.15) is 0 Å². The van der Waals surface area contributed by atoms with E-state index in [1.54, 1.807) is 12.1 Å². The number of fused-ring (bicyclic) bond motifs is 4. The third-order valence-corrected chi connectivity index (χ3v) is 7.56. The molecule has 4 aliphatic rings. The summed E-state index contributed by atoms with van der Waals surface area (Å²) < 4.78 is 19.7. The smallest absolute Gasteiger partial charge is 0.317 e. The maximum Gasteiger partial charge on any atom is 0.317 e. The van der Waals surface area contributed by atoms with Crippen molar-refractivity contribution in [3.8, 4) is 5.75 Å². The van der Waals surface area contributed by atoms with E-state index < -0.39 is 0 Å². The lowest BCUT2D eigenvalue weighted by molar-refractivity contribution is 0.0451. The first-order valence-electron chi connectivity index (χ1n) is 10.8. The fraction of sp³-hybridized carbons (Fsp3) is 0.682. The van der Waals surface area contributed by atoms with Crippen molar-refractivity contribution in [3.63, 3.8) is 0 Å². The minimum Gasteiger partial charge on any atom is -0.492 e. The van der Waals surface area contributed by atoms with Crippen LogP contribution in [0, 0.1) is 5.82 Å². The Morgan fingerprint density at radius 3 is 2.64 bits per heavy atom. The van der Waals surface area contributed by atoms with E-state index in [0.29, 0.717) is 31.3 Å². The number of likely N-dealkylation sites (tertiary alicyclic amines) is 1. The largest absolute Gasteiger partial charge is 0.492 e. The number of urea groups is 1.